The molecule has 0 fully saturated rings. The van der Waals surface area contributed by atoms with Gasteiger partial charge in [0.2, 0.25) is 0 Å². The van der Waals surface area contributed by atoms with Crippen molar-refractivity contribution in [3.8, 4) is 0 Å². The Morgan fingerprint density at radius 1 is 1.71 bits per heavy atom. The third-order valence-electron chi connectivity index (χ3n) is 0.682. The molecule has 0 saturated heterocycles. The van der Waals surface area contributed by atoms with Gasteiger partial charge in [-0.25, -0.2) is 0 Å². The zero-order valence-corrected chi connectivity index (χ0v) is 6.36. The first-order valence-electron chi connectivity index (χ1n) is 2.36. The van der Waals surface area contributed by atoms with Crippen LogP contribution in [0.15, 0.2) is 0 Å². The van der Waals surface area contributed by atoms with Crippen LogP contribution >= 0.6 is 0 Å². The fourth-order valence-electron chi connectivity index (χ4n) is 0.305. The van der Waals surface area contributed by atoms with Crippen LogP contribution in [0.2, 0.25) is 11.1 Å². The monoisotopic (exact) mass is 167 g/mol. The van der Waals surface area contributed by atoms with E-state index in [-0.39, 0.29) is 0 Å². The third-order valence-corrected chi connectivity index (χ3v) is 2.49. The van der Waals surface area contributed by atoms with Gasteiger partial charge in [0.25, 0.3) is 0 Å². The summed E-state index contributed by atoms with van der Waals surface area (Å²) in [7, 11) is 0. The number of hydrogen-bond acceptors (Lipinski definition) is 1. The minimum absolute atomic E-state index is 0.906. The molecule has 0 aromatic carbocycles. The third kappa shape index (κ3) is 6.32. The SMILES string of the molecule is [CH2]CCC[Se](C)=O. The molecule has 0 amide bonds. The van der Waals surface area contributed by atoms with Crippen LogP contribution in [0.5, 0.6) is 0 Å². The van der Waals surface area contributed by atoms with Crippen molar-refractivity contribution in [2.75, 3.05) is 0 Å². The second kappa shape index (κ2) is 4.48. The van der Waals surface area contributed by atoms with Crippen LogP contribution < -0.4 is 0 Å². The van der Waals surface area contributed by atoms with E-state index >= 15 is 0 Å². The van der Waals surface area contributed by atoms with E-state index < -0.39 is 13.8 Å². The summed E-state index contributed by atoms with van der Waals surface area (Å²) in [5.74, 6) is 1.82. The van der Waals surface area contributed by atoms with Crippen molar-refractivity contribution in [1.29, 1.82) is 0 Å². The van der Waals surface area contributed by atoms with Gasteiger partial charge in [-0.1, -0.05) is 0 Å². The number of unbranched alkanes of at least 4 members (excludes halogenated alkanes) is 1. The Morgan fingerprint density at radius 3 is 2.43 bits per heavy atom. The summed E-state index contributed by atoms with van der Waals surface area (Å²) in [6, 6.07) is 0. The minimum atomic E-state index is -1.37. The Morgan fingerprint density at radius 2 is 2.29 bits per heavy atom. The number of hydrogen-bond donors (Lipinski definition) is 0. The van der Waals surface area contributed by atoms with Crippen molar-refractivity contribution in [2.45, 2.75) is 24.0 Å². The second-order valence-corrected chi connectivity index (χ2v) is 4.75. The van der Waals surface area contributed by atoms with Crippen LogP contribution in [-0.2, 0) is 3.83 Å². The summed E-state index contributed by atoms with van der Waals surface area (Å²) in [6.45, 7) is 3.64. The summed E-state index contributed by atoms with van der Waals surface area (Å²) < 4.78 is 10.4. The molecule has 43 valence electrons. The van der Waals surface area contributed by atoms with Crippen molar-refractivity contribution < 1.29 is 3.83 Å². The van der Waals surface area contributed by atoms with E-state index in [1.165, 1.54) is 0 Å². The molecule has 0 bridgehead atoms. The van der Waals surface area contributed by atoms with Gasteiger partial charge in [-0.3, -0.25) is 0 Å². The van der Waals surface area contributed by atoms with Crippen LogP contribution in [0, 0.1) is 6.92 Å². The second-order valence-electron chi connectivity index (χ2n) is 1.48. The molecule has 0 saturated carbocycles. The fourth-order valence-corrected chi connectivity index (χ4v) is 1.59. The predicted octanol–water partition coefficient (Wildman–Crippen LogP) is 1.65. The molecule has 0 spiro atoms. The topological polar surface area (TPSA) is 17.1 Å². The van der Waals surface area contributed by atoms with E-state index in [9.17, 15) is 3.83 Å². The molecular formula is C5H11OSe. The molecule has 0 aromatic rings. The average Bonchev–Trinajstić information content (AvgIpc) is 1.61. The molecule has 1 nitrogen and oxygen atoms in total. The molecule has 0 heterocycles. The van der Waals surface area contributed by atoms with Gasteiger partial charge < -0.3 is 0 Å². The van der Waals surface area contributed by atoms with Gasteiger partial charge >= 0.3 is 48.6 Å². The van der Waals surface area contributed by atoms with E-state index in [1.54, 1.807) is 0 Å². The van der Waals surface area contributed by atoms with Gasteiger partial charge in [0.15, 0.2) is 0 Å². The van der Waals surface area contributed by atoms with Crippen LogP contribution in [0.25, 0.3) is 0 Å². The molecule has 0 rings (SSSR count). The summed E-state index contributed by atoms with van der Waals surface area (Å²) >= 11 is -1.37. The predicted molar refractivity (Wildman–Crippen MR) is 31.7 cm³/mol. The first-order chi connectivity index (χ1) is 3.27. The van der Waals surface area contributed by atoms with E-state index in [0.717, 1.165) is 18.2 Å². The maximum absolute atomic E-state index is 10.4. The van der Waals surface area contributed by atoms with Crippen molar-refractivity contribution >= 4 is 13.8 Å². The molecule has 2 heteroatoms. The van der Waals surface area contributed by atoms with Crippen LogP contribution in [0.1, 0.15) is 12.8 Å². The van der Waals surface area contributed by atoms with Gasteiger partial charge in [0, 0.05) is 0 Å². The first-order valence-corrected chi connectivity index (χ1v) is 5.99. The van der Waals surface area contributed by atoms with Gasteiger partial charge in [-0.2, -0.15) is 0 Å². The zero-order chi connectivity index (χ0) is 5.70. The van der Waals surface area contributed by atoms with Crippen molar-refractivity contribution in [2.24, 2.45) is 0 Å². The van der Waals surface area contributed by atoms with Gasteiger partial charge in [-0.15, -0.1) is 0 Å². The van der Waals surface area contributed by atoms with E-state index in [1.807, 2.05) is 5.82 Å². The summed E-state index contributed by atoms with van der Waals surface area (Å²) in [5, 5.41) is 0.906. The Hall–Kier alpha value is 0.319. The normalized spacial score (nSPS) is 14.0. The van der Waals surface area contributed by atoms with Crippen LogP contribution in [-0.4, -0.2) is 13.8 Å². The van der Waals surface area contributed by atoms with Gasteiger partial charge in [-0.05, 0) is 0 Å². The van der Waals surface area contributed by atoms with E-state index in [0.29, 0.717) is 0 Å². The van der Waals surface area contributed by atoms with Gasteiger partial charge in [0.05, 0.1) is 0 Å². The zero-order valence-electron chi connectivity index (χ0n) is 4.64. The molecular weight excluding hydrogens is 155 g/mol. The Labute approximate surface area is 49.2 Å². The molecule has 7 heavy (non-hydrogen) atoms. The average molecular weight is 166 g/mol. The summed E-state index contributed by atoms with van der Waals surface area (Å²) in [4.78, 5) is 0. The van der Waals surface area contributed by atoms with E-state index in [4.69, 9.17) is 0 Å². The maximum atomic E-state index is 10.4. The van der Waals surface area contributed by atoms with Crippen molar-refractivity contribution in [1.82, 2.24) is 0 Å². The standard InChI is InChI=1S/C5H11OSe/c1-3-4-5-7(2)6/h1,3-5H2,2H3. The molecule has 1 radical (unpaired) electrons. The van der Waals surface area contributed by atoms with Crippen molar-refractivity contribution in [3.63, 3.8) is 0 Å². The molecule has 0 N–H and O–H groups in total. The Balaban J connectivity index is 2.82. The molecule has 1 atom stereocenters. The quantitative estimate of drug-likeness (QED) is 0.582. The number of rotatable bonds is 3. The molecule has 0 aliphatic carbocycles. The van der Waals surface area contributed by atoms with Crippen LogP contribution in [0.4, 0.5) is 0 Å². The molecule has 1 unspecified atom stereocenters. The van der Waals surface area contributed by atoms with Gasteiger partial charge in [0.1, 0.15) is 0 Å². The molecule has 0 aliphatic rings. The Kier molecular flexibility index (Phi) is 4.68. The summed E-state index contributed by atoms with van der Waals surface area (Å²) in [5.41, 5.74) is 0. The summed E-state index contributed by atoms with van der Waals surface area (Å²) in [6.07, 6.45) is 1.96. The molecule has 0 aliphatic heterocycles. The fraction of sp³-hybridized carbons (Fsp3) is 0.800. The van der Waals surface area contributed by atoms with Crippen LogP contribution in [0.3, 0.4) is 0 Å². The molecule has 0 aromatic heterocycles. The van der Waals surface area contributed by atoms with E-state index in [2.05, 4.69) is 6.92 Å². The van der Waals surface area contributed by atoms with Crippen molar-refractivity contribution in [3.05, 3.63) is 6.92 Å². The first kappa shape index (κ1) is 7.32. The Bertz CT molecular complexity index is 61.1.